The molecule has 0 saturated heterocycles. The molecule has 33 heavy (non-hydrogen) atoms. The van der Waals surface area contributed by atoms with E-state index in [1.54, 1.807) is 33.1 Å². The van der Waals surface area contributed by atoms with E-state index in [1.807, 2.05) is 49.4 Å². The highest BCUT2D eigenvalue weighted by molar-refractivity contribution is 6.27. The Labute approximate surface area is 185 Å². The van der Waals surface area contributed by atoms with Crippen molar-refractivity contribution in [1.29, 1.82) is 0 Å². The van der Waals surface area contributed by atoms with Gasteiger partial charge in [-0.2, -0.15) is 0 Å². The number of imidazole rings is 2. The third kappa shape index (κ3) is 2.03. The van der Waals surface area contributed by atoms with Crippen molar-refractivity contribution in [2.75, 3.05) is 0 Å². The van der Waals surface area contributed by atoms with E-state index in [0.29, 0.717) is 32.8 Å². The Balaban J connectivity index is 1.85. The zero-order valence-electron chi connectivity index (χ0n) is 17.7. The number of nitrogens with zero attached hydrogens (tertiary/aromatic N) is 4. The van der Waals surface area contributed by atoms with Crippen LogP contribution in [0.3, 0.4) is 0 Å². The summed E-state index contributed by atoms with van der Waals surface area (Å²) in [5.74, 6) is 0. The summed E-state index contributed by atoms with van der Waals surface area (Å²) in [6, 6.07) is 15.1. The van der Waals surface area contributed by atoms with Crippen LogP contribution in [-0.4, -0.2) is 18.8 Å². The molecule has 0 aliphatic rings. The highest BCUT2D eigenvalue weighted by Crippen LogP contribution is 2.35. The molecular weight excluding hydrogens is 412 g/mol. The summed E-state index contributed by atoms with van der Waals surface area (Å²) >= 11 is 0. The van der Waals surface area contributed by atoms with Gasteiger partial charge >= 0.3 is 0 Å². The van der Waals surface area contributed by atoms with E-state index in [0.717, 1.165) is 32.6 Å². The van der Waals surface area contributed by atoms with Gasteiger partial charge < -0.3 is 0 Å². The molecule has 6 nitrogen and oxygen atoms in total. The molecule has 0 radical (unpaired) electrons. The smallest absolute Gasteiger partial charge is 0.264 e. The van der Waals surface area contributed by atoms with Gasteiger partial charge in [0.05, 0.1) is 21.7 Å². The number of para-hydroxylation sites is 2. The number of hydrogen-bond acceptors (Lipinski definition) is 4. The van der Waals surface area contributed by atoms with Gasteiger partial charge in [-0.1, -0.05) is 30.9 Å². The second kappa shape index (κ2) is 6.01. The summed E-state index contributed by atoms with van der Waals surface area (Å²) in [6.45, 7) is 5.68. The maximum absolute atomic E-state index is 13.7. The van der Waals surface area contributed by atoms with Crippen LogP contribution in [0.4, 0.5) is 0 Å². The molecule has 6 heteroatoms. The van der Waals surface area contributed by atoms with Gasteiger partial charge in [0.15, 0.2) is 0 Å². The number of allylic oxidation sites excluding steroid dienone is 1. The topological polar surface area (TPSA) is 68.7 Å². The lowest BCUT2D eigenvalue weighted by Gasteiger charge is -2.11. The average molecular weight is 428 g/mol. The number of aromatic nitrogens is 4. The van der Waals surface area contributed by atoms with E-state index in [1.165, 1.54) is 0 Å². The summed E-state index contributed by atoms with van der Waals surface area (Å²) in [5.41, 5.74) is 2.40. The molecule has 156 valence electrons. The molecule has 0 aliphatic heterocycles. The predicted octanol–water partition coefficient (Wildman–Crippen LogP) is 2.96. The fourth-order valence-corrected chi connectivity index (χ4v) is 5.20. The van der Waals surface area contributed by atoms with Gasteiger partial charge in [-0.3, -0.25) is 18.4 Å². The fraction of sp³-hybridized carbons (Fsp3) is 0.0370. The normalized spacial score (nSPS) is 13.7. The molecule has 3 aromatic carbocycles. The lowest BCUT2D eigenvalue weighted by molar-refractivity contribution is 1.10. The molecule has 0 unspecified atom stereocenters. The van der Waals surface area contributed by atoms with Crippen LogP contribution in [0.25, 0.3) is 66.8 Å². The lowest BCUT2D eigenvalue weighted by Crippen LogP contribution is -2.32. The Bertz CT molecular complexity index is 2200. The van der Waals surface area contributed by atoms with Crippen LogP contribution in [0.1, 0.15) is 6.92 Å². The van der Waals surface area contributed by atoms with Crippen LogP contribution < -0.4 is 21.8 Å². The maximum Gasteiger partial charge on any atom is 0.264 e. The highest BCUT2D eigenvalue weighted by atomic mass is 16.1. The minimum Gasteiger partial charge on any atom is -0.268 e. The first-order valence-electron chi connectivity index (χ1n) is 10.7. The van der Waals surface area contributed by atoms with Crippen molar-refractivity contribution in [2.24, 2.45) is 0 Å². The lowest BCUT2D eigenvalue weighted by atomic mass is 9.96. The van der Waals surface area contributed by atoms with Gasteiger partial charge in [0.1, 0.15) is 11.3 Å². The summed E-state index contributed by atoms with van der Waals surface area (Å²) in [6.07, 6.45) is 5.33. The molecule has 4 aromatic heterocycles. The van der Waals surface area contributed by atoms with Gasteiger partial charge in [-0.15, -0.1) is 0 Å². The Kier molecular flexibility index (Phi) is 3.29. The zero-order valence-corrected chi connectivity index (χ0v) is 17.7. The van der Waals surface area contributed by atoms with Crippen LogP contribution in [-0.2, 0) is 0 Å². The van der Waals surface area contributed by atoms with Crippen molar-refractivity contribution < 1.29 is 0 Å². The Morgan fingerprint density at radius 3 is 2.06 bits per heavy atom. The molecule has 0 aliphatic carbocycles. The Morgan fingerprint density at radius 1 is 0.788 bits per heavy atom. The number of rotatable bonds is 1. The second-order valence-corrected chi connectivity index (χ2v) is 8.17. The molecule has 0 fully saturated rings. The maximum atomic E-state index is 13.7. The minimum atomic E-state index is -0.165. The van der Waals surface area contributed by atoms with Crippen molar-refractivity contribution in [3.05, 3.63) is 92.6 Å². The SMILES string of the molecule is C=C/C=c1\c(=C/C)nc2c3ccc4c5c(ccc(c(=O)n12)c35)c(=O)n1c2ccccc2nc41. The molecule has 0 atom stereocenters. The van der Waals surface area contributed by atoms with E-state index >= 15 is 0 Å². The monoisotopic (exact) mass is 428 g/mol. The zero-order chi connectivity index (χ0) is 22.4. The molecular formula is C27H16N4O2. The van der Waals surface area contributed by atoms with Crippen molar-refractivity contribution in [3.8, 4) is 0 Å². The van der Waals surface area contributed by atoms with Crippen LogP contribution >= 0.6 is 0 Å². The second-order valence-electron chi connectivity index (χ2n) is 8.17. The standard InChI is InChI=1S/C27H16N4O2/c1-3-7-20-18(4-2)28-24-14-10-11-15-23-17(13-12-16(22(14)23)26(32)30(20)24)27(33)31-21-9-6-5-8-19(21)29-25(15)31/h3-13H,1H2,2H3/b18-4+,20-7+. The van der Waals surface area contributed by atoms with Crippen LogP contribution in [0.15, 0.2) is 70.8 Å². The minimum absolute atomic E-state index is 0.139. The average Bonchev–Trinajstić information content (AvgIpc) is 3.40. The van der Waals surface area contributed by atoms with E-state index in [-0.39, 0.29) is 11.1 Å². The fourth-order valence-electron chi connectivity index (χ4n) is 5.20. The molecule has 0 N–H and O–H groups in total. The third-order valence-corrected chi connectivity index (χ3v) is 6.56. The number of benzene rings is 3. The molecule has 0 spiro atoms. The summed E-state index contributed by atoms with van der Waals surface area (Å²) < 4.78 is 3.30. The molecule has 0 bridgehead atoms. The van der Waals surface area contributed by atoms with Crippen molar-refractivity contribution in [2.45, 2.75) is 6.92 Å². The van der Waals surface area contributed by atoms with Gasteiger partial charge in [0.25, 0.3) is 11.1 Å². The summed E-state index contributed by atoms with van der Waals surface area (Å²) in [5, 5.41) is 5.72. The van der Waals surface area contributed by atoms with Gasteiger partial charge in [-0.05, 0) is 49.4 Å². The van der Waals surface area contributed by atoms with Crippen molar-refractivity contribution in [1.82, 2.24) is 18.8 Å². The Hall–Kier alpha value is -4.58. The summed E-state index contributed by atoms with van der Waals surface area (Å²) in [4.78, 5) is 36.8. The predicted molar refractivity (Wildman–Crippen MR) is 133 cm³/mol. The molecule has 4 heterocycles. The Morgan fingerprint density at radius 2 is 1.39 bits per heavy atom. The first kappa shape index (κ1) is 18.0. The molecule has 0 amide bonds. The van der Waals surface area contributed by atoms with Gasteiger partial charge in [0, 0.05) is 32.3 Å². The first-order valence-corrected chi connectivity index (χ1v) is 10.7. The van der Waals surface area contributed by atoms with E-state index in [2.05, 4.69) is 6.58 Å². The quantitative estimate of drug-likeness (QED) is 0.377. The van der Waals surface area contributed by atoms with E-state index in [4.69, 9.17) is 9.97 Å². The molecule has 7 aromatic rings. The van der Waals surface area contributed by atoms with E-state index < -0.39 is 0 Å². The first-order chi connectivity index (χ1) is 16.1. The van der Waals surface area contributed by atoms with Crippen LogP contribution in [0.5, 0.6) is 0 Å². The van der Waals surface area contributed by atoms with Crippen molar-refractivity contribution >= 4 is 66.8 Å². The van der Waals surface area contributed by atoms with Crippen LogP contribution in [0, 0.1) is 0 Å². The van der Waals surface area contributed by atoms with E-state index in [9.17, 15) is 9.59 Å². The van der Waals surface area contributed by atoms with Gasteiger partial charge in [-0.25, -0.2) is 9.97 Å². The van der Waals surface area contributed by atoms with Gasteiger partial charge in [0.2, 0.25) is 0 Å². The third-order valence-electron chi connectivity index (χ3n) is 6.56. The molecule has 7 rings (SSSR count). The summed E-state index contributed by atoms with van der Waals surface area (Å²) in [7, 11) is 0. The van der Waals surface area contributed by atoms with Crippen molar-refractivity contribution in [3.63, 3.8) is 0 Å². The molecule has 0 saturated carbocycles. The number of fused-ring (bicyclic) bond motifs is 6. The van der Waals surface area contributed by atoms with Crippen LogP contribution in [0.2, 0.25) is 0 Å². The largest absolute Gasteiger partial charge is 0.268 e. The number of pyridine rings is 2. The number of hydrogen-bond donors (Lipinski definition) is 0. The highest BCUT2D eigenvalue weighted by Gasteiger charge is 2.21.